The van der Waals surface area contributed by atoms with Crippen molar-refractivity contribution in [1.29, 1.82) is 0 Å². The molecule has 0 aliphatic heterocycles. The number of fused-ring (bicyclic) bond motifs is 1. The van der Waals surface area contributed by atoms with E-state index in [1.54, 1.807) is 48.1 Å². The predicted octanol–water partition coefficient (Wildman–Crippen LogP) is 4.05. The third kappa shape index (κ3) is 4.82. The van der Waals surface area contributed by atoms with E-state index in [4.69, 9.17) is 11.6 Å². The van der Waals surface area contributed by atoms with Gasteiger partial charge in [0.05, 0.1) is 16.8 Å². The summed E-state index contributed by atoms with van der Waals surface area (Å²) in [5.41, 5.74) is 3.57. The number of aliphatic carboxylic acids is 1. The van der Waals surface area contributed by atoms with E-state index in [1.807, 2.05) is 18.2 Å². The predicted molar refractivity (Wildman–Crippen MR) is 129 cm³/mol. The minimum absolute atomic E-state index is 0.0346. The molecule has 3 aromatic carbocycles. The molecule has 0 saturated carbocycles. The Balaban J connectivity index is 1.69. The Labute approximate surface area is 202 Å². The average Bonchev–Trinajstić information content (AvgIpc) is 3.19. The summed E-state index contributed by atoms with van der Waals surface area (Å²) in [5.74, 6) is -1.43. The molecule has 0 radical (unpaired) electrons. The fourth-order valence-electron chi connectivity index (χ4n) is 3.91. The number of carboxylic acid groups (broad SMARTS) is 1. The van der Waals surface area contributed by atoms with Crippen molar-refractivity contribution in [3.05, 3.63) is 88.4 Å². The van der Waals surface area contributed by atoms with Crippen molar-refractivity contribution in [3.8, 4) is 0 Å². The summed E-state index contributed by atoms with van der Waals surface area (Å²) in [5, 5.41) is 18.1. The van der Waals surface area contributed by atoms with Crippen molar-refractivity contribution < 1.29 is 18.3 Å². The van der Waals surface area contributed by atoms with Crippen LogP contribution >= 0.6 is 11.6 Å². The van der Waals surface area contributed by atoms with Gasteiger partial charge in [0.2, 0.25) is 10.0 Å². The number of hydrogen-bond donors (Lipinski definition) is 1. The molecule has 1 N–H and O–H groups in total. The monoisotopic (exact) mass is 498 g/mol. The summed E-state index contributed by atoms with van der Waals surface area (Å²) in [6.07, 6.45) is -0.148. The Bertz CT molecular complexity index is 1450. The van der Waals surface area contributed by atoms with Crippen LogP contribution in [0.3, 0.4) is 0 Å². The second-order valence-electron chi connectivity index (χ2n) is 8.04. The number of nitrogens with zero attached hydrogens (tertiary/aromatic N) is 4. The Hall–Kier alpha value is -3.27. The summed E-state index contributed by atoms with van der Waals surface area (Å²) in [4.78, 5) is 11.9. The van der Waals surface area contributed by atoms with Crippen LogP contribution in [0.4, 0.5) is 0 Å². The number of hydrogen-bond acceptors (Lipinski definition) is 5. The van der Waals surface area contributed by atoms with Gasteiger partial charge in [0.15, 0.2) is 0 Å². The van der Waals surface area contributed by atoms with E-state index >= 15 is 0 Å². The van der Waals surface area contributed by atoms with Gasteiger partial charge in [-0.15, -0.1) is 5.10 Å². The topological polar surface area (TPSA) is 105 Å². The molecule has 0 saturated heterocycles. The average molecular weight is 499 g/mol. The molecule has 1 heterocycles. The number of rotatable bonds is 8. The minimum atomic E-state index is -3.72. The van der Waals surface area contributed by atoms with Crippen LogP contribution in [0.15, 0.2) is 71.6 Å². The summed E-state index contributed by atoms with van der Waals surface area (Å²) in [7, 11) is -0.442. The fourth-order valence-corrected chi connectivity index (χ4v) is 5.25. The molecule has 34 heavy (non-hydrogen) atoms. The summed E-state index contributed by atoms with van der Waals surface area (Å²) >= 11 is 6.41. The number of carboxylic acids is 1. The molecule has 1 aromatic heterocycles. The SMILES string of the molecule is CN(Cc1cc([C@H](CC(=O)O)c2ccc3c(c2)nnn3C)ccc1Cl)S(=O)(=O)c1ccccc1. The molecule has 4 rings (SSSR count). The highest BCUT2D eigenvalue weighted by Crippen LogP contribution is 2.33. The molecule has 0 aliphatic carbocycles. The van der Waals surface area contributed by atoms with Crippen LogP contribution in [0.2, 0.25) is 5.02 Å². The van der Waals surface area contributed by atoms with Gasteiger partial charge in [-0.25, -0.2) is 13.1 Å². The highest BCUT2D eigenvalue weighted by Gasteiger charge is 2.24. The zero-order chi connectivity index (χ0) is 24.5. The number of halogens is 1. The van der Waals surface area contributed by atoms with E-state index in [0.717, 1.165) is 16.6 Å². The first-order chi connectivity index (χ1) is 16.2. The van der Waals surface area contributed by atoms with E-state index in [9.17, 15) is 18.3 Å². The number of sulfonamides is 1. The van der Waals surface area contributed by atoms with E-state index in [1.165, 1.54) is 23.5 Å². The molecule has 0 aliphatic rings. The molecule has 0 fully saturated rings. The Morgan fingerprint density at radius 3 is 2.47 bits per heavy atom. The summed E-state index contributed by atoms with van der Waals surface area (Å²) < 4.78 is 28.8. The molecule has 0 spiro atoms. The lowest BCUT2D eigenvalue weighted by Gasteiger charge is -2.21. The van der Waals surface area contributed by atoms with Crippen molar-refractivity contribution in [1.82, 2.24) is 19.3 Å². The Kier molecular flexibility index (Phi) is 6.70. The van der Waals surface area contributed by atoms with Crippen molar-refractivity contribution in [2.75, 3.05) is 7.05 Å². The third-order valence-electron chi connectivity index (χ3n) is 5.73. The number of carbonyl (C=O) groups is 1. The second-order valence-corrected chi connectivity index (χ2v) is 10.5. The van der Waals surface area contributed by atoms with Gasteiger partial charge in [-0.2, -0.15) is 4.31 Å². The molecular weight excluding hydrogens is 476 g/mol. The maximum Gasteiger partial charge on any atom is 0.304 e. The van der Waals surface area contributed by atoms with Crippen LogP contribution in [0, 0.1) is 0 Å². The first-order valence-electron chi connectivity index (χ1n) is 10.5. The van der Waals surface area contributed by atoms with Gasteiger partial charge >= 0.3 is 5.97 Å². The summed E-state index contributed by atoms with van der Waals surface area (Å²) in [6.45, 7) is 0.0346. The van der Waals surface area contributed by atoms with Crippen LogP contribution < -0.4 is 0 Å². The van der Waals surface area contributed by atoms with E-state index in [2.05, 4.69) is 10.3 Å². The molecule has 4 aromatic rings. The molecule has 0 bridgehead atoms. The Morgan fingerprint density at radius 2 is 1.76 bits per heavy atom. The lowest BCUT2D eigenvalue weighted by atomic mass is 9.87. The zero-order valence-electron chi connectivity index (χ0n) is 18.6. The second kappa shape index (κ2) is 9.54. The minimum Gasteiger partial charge on any atom is -0.481 e. The summed E-state index contributed by atoms with van der Waals surface area (Å²) in [6, 6.07) is 18.9. The van der Waals surface area contributed by atoms with Crippen LogP contribution in [-0.2, 0) is 28.4 Å². The lowest BCUT2D eigenvalue weighted by molar-refractivity contribution is -0.137. The smallest absolute Gasteiger partial charge is 0.304 e. The maximum absolute atomic E-state index is 13.0. The highest BCUT2D eigenvalue weighted by atomic mass is 35.5. The molecule has 0 unspecified atom stereocenters. The first kappa shape index (κ1) is 23.9. The molecule has 8 nitrogen and oxygen atoms in total. The molecular formula is C24H23ClN4O4S. The zero-order valence-corrected chi connectivity index (χ0v) is 20.2. The standard InChI is InChI=1S/C24H23ClN4O4S/c1-28(34(32,33)19-6-4-3-5-7-19)15-18-12-16(8-10-21(18)25)20(14-24(30)31)17-9-11-23-22(13-17)26-27-29(23)2/h3-13,20H,14-15H2,1-2H3,(H,30,31)/t20-/m0/s1. The number of aryl methyl sites for hydroxylation is 1. The van der Waals surface area contributed by atoms with E-state index in [-0.39, 0.29) is 17.9 Å². The molecule has 176 valence electrons. The van der Waals surface area contributed by atoms with Crippen molar-refractivity contribution in [2.24, 2.45) is 7.05 Å². The fraction of sp³-hybridized carbons (Fsp3) is 0.208. The van der Waals surface area contributed by atoms with E-state index < -0.39 is 21.9 Å². The lowest BCUT2D eigenvalue weighted by Crippen LogP contribution is -2.26. The number of aromatic nitrogens is 3. The Morgan fingerprint density at radius 1 is 1.09 bits per heavy atom. The molecule has 1 atom stereocenters. The number of benzene rings is 3. The highest BCUT2D eigenvalue weighted by molar-refractivity contribution is 7.89. The molecule has 0 amide bonds. The van der Waals surface area contributed by atoms with Gasteiger partial charge in [0.25, 0.3) is 0 Å². The van der Waals surface area contributed by atoms with Gasteiger partial charge < -0.3 is 5.11 Å². The van der Waals surface area contributed by atoms with Gasteiger partial charge in [-0.1, -0.05) is 53.2 Å². The quantitative estimate of drug-likeness (QED) is 0.393. The van der Waals surface area contributed by atoms with Crippen molar-refractivity contribution in [2.45, 2.75) is 23.8 Å². The van der Waals surface area contributed by atoms with Crippen LogP contribution in [0.25, 0.3) is 11.0 Å². The van der Waals surface area contributed by atoms with E-state index in [0.29, 0.717) is 16.1 Å². The third-order valence-corrected chi connectivity index (χ3v) is 7.92. The molecule has 10 heteroatoms. The largest absolute Gasteiger partial charge is 0.481 e. The van der Waals surface area contributed by atoms with Gasteiger partial charge in [0.1, 0.15) is 5.52 Å². The van der Waals surface area contributed by atoms with Gasteiger partial charge in [-0.3, -0.25) is 4.79 Å². The van der Waals surface area contributed by atoms with Crippen molar-refractivity contribution in [3.63, 3.8) is 0 Å². The van der Waals surface area contributed by atoms with Crippen LogP contribution in [0.5, 0.6) is 0 Å². The van der Waals surface area contributed by atoms with Crippen LogP contribution in [0.1, 0.15) is 29.0 Å². The van der Waals surface area contributed by atoms with Gasteiger partial charge in [-0.05, 0) is 47.0 Å². The van der Waals surface area contributed by atoms with Crippen molar-refractivity contribution >= 4 is 38.6 Å². The van der Waals surface area contributed by atoms with Crippen LogP contribution in [-0.4, -0.2) is 45.8 Å². The first-order valence-corrected chi connectivity index (χ1v) is 12.3. The maximum atomic E-state index is 13.0. The normalized spacial score (nSPS) is 12.8. The van der Waals surface area contributed by atoms with Gasteiger partial charge in [0, 0.05) is 31.6 Å².